The van der Waals surface area contributed by atoms with E-state index in [4.69, 9.17) is 4.74 Å². The number of hydrogen-bond donors (Lipinski definition) is 1. The monoisotopic (exact) mass is 406 g/mol. The fourth-order valence-corrected chi connectivity index (χ4v) is 4.56. The molecule has 2 aromatic heterocycles. The SMILES string of the molecule is O=C(NCCN1CCOCC1)c1cc(=O)nc2sc(N3CCCCCC3)nn12. The van der Waals surface area contributed by atoms with Gasteiger partial charge in [-0.25, -0.2) is 0 Å². The van der Waals surface area contributed by atoms with Gasteiger partial charge in [-0.1, -0.05) is 24.2 Å². The number of rotatable bonds is 5. The summed E-state index contributed by atoms with van der Waals surface area (Å²) >= 11 is 1.37. The highest BCUT2D eigenvalue weighted by atomic mass is 32.1. The lowest BCUT2D eigenvalue weighted by molar-refractivity contribution is 0.0383. The summed E-state index contributed by atoms with van der Waals surface area (Å²) in [6.07, 6.45) is 4.73. The van der Waals surface area contributed by atoms with E-state index in [1.807, 2.05) is 0 Å². The van der Waals surface area contributed by atoms with Crippen LogP contribution in [0.2, 0.25) is 0 Å². The van der Waals surface area contributed by atoms with Crippen molar-refractivity contribution in [3.05, 3.63) is 22.1 Å². The minimum absolute atomic E-state index is 0.245. The van der Waals surface area contributed by atoms with Gasteiger partial charge in [0.05, 0.1) is 13.2 Å². The van der Waals surface area contributed by atoms with Gasteiger partial charge in [-0.15, -0.1) is 5.10 Å². The summed E-state index contributed by atoms with van der Waals surface area (Å²) in [4.78, 5) is 33.7. The lowest BCUT2D eigenvalue weighted by Crippen LogP contribution is -2.41. The van der Waals surface area contributed by atoms with Crippen molar-refractivity contribution in [2.75, 3.05) is 57.4 Å². The van der Waals surface area contributed by atoms with Crippen molar-refractivity contribution in [3.63, 3.8) is 0 Å². The Morgan fingerprint density at radius 1 is 1.14 bits per heavy atom. The van der Waals surface area contributed by atoms with Gasteiger partial charge < -0.3 is 15.0 Å². The predicted octanol–water partition coefficient (Wildman–Crippen LogP) is 0.593. The smallest absolute Gasteiger partial charge is 0.274 e. The van der Waals surface area contributed by atoms with E-state index in [1.54, 1.807) is 0 Å². The Hall–Kier alpha value is -2.04. The Bertz CT molecular complexity index is 868. The van der Waals surface area contributed by atoms with Gasteiger partial charge >= 0.3 is 0 Å². The maximum absolute atomic E-state index is 12.7. The first-order valence-corrected chi connectivity index (χ1v) is 10.8. The van der Waals surface area contributed by atoms with E-state index in [0.717, 1.165) is 63.9 Å². The zero-order valence-electron chi connectivity index (χ0n) is 15.9. The van der Waals surface area contributed by atoms with E-state index < -0.39 is 5.56 Å². The Labute approximate surface area is 167 Å². The molecule has 1 N–H and O–H groups in total. The first-order chi connectivity index (χ1) is 13.7. The average molecular weight is 407 g/mol. The molecule has 2 fully saturated rings. The Balaban J connectivity index is 1.49. The van der Waals surface area contributed by atoms with Crippen LogP contribution in [0.4, 0.5) is 5.13 Å². The van der Waals surface area contributed by atoms with Crippen molar-refractivity contribution in [2.45, 2.75) is 25.7 Å². The predicted molar refractivity (Wildman–Crippen MR) is 107 cm³/mol. The zero-order valence-corrected chi connectivity index (χ0v) is 16.7. The van der Waals surface area contributed by atoms with Crippen LogP contribution in [0.1, 0.15) is 36.2 Å². The maximum atomic E-state index is 12.7. The van der Waals surface area contributed by atoms with E-state index >= 15 is 0 Å². The van der Waals surface area contributed by atoms with Gasteiger partial charge in [0.15, 0.2) is 0 Å². The van der Waals surface area contributed by atoms with Crippen molar-refractivity contribution in [3.8, 4) is 0 Å². The number of nitrogens with one attached hydrogen (secondary N) is 1. The maximum Gasteiger partial charge on any atom is 0.274 e. The fourth-order valence-electron chi connectivity index (χ4n) is 3.60. The minimum atomic E-state index is -0.413. The van der Waals surface area contributed by atoms with Crippen molar-refractivity contribution >= 4 is 27.3 Å². The van der Waals surface area contributed by atoms with Gasteiger partial charge in [-0.05, 0) is 12.8 Å². The Morgan fingerprint density at radius 3 is 2.64 bits per heavy atom. The minimum Gasteiger partial charge on any atom is -0.379 e. The number of hydrogen-bond acceptors (Lipinski definition) is 8. The number of morpholine rings is 1. The molecule has 9 nitrogen and oxygen atoms in total. The molecule has 4 rings (SSSR count). The van der Waals surface area contributed by atoms with Crippen LogP contribution in [-0.4, -0.2) is 77.9 Å². The van der Waals surface area contributed by atoms with Crippen LogP contribution in [0, 0.1) is 0 Å². The summed E-state index contributed by atoms with van der Waals surface area (Å²) in [6, 6.07) is 1.27. The highest BCUT2D eigenvalue weighted by Gasteiger charge is 2.19. The average Bonchev–Trinajstić information content (AvgIpc) is 2.94. The van der Waals surface area contributed by atoms with Crippen LogP contribution in [0.3, 0.4) is 0 Å². The fraction of sp³-hybridized carbons (Fsp3) is 0.667. The van der Waals surface area contributed by atoms with E-state index in [-0.39, 0.29) is 11.6 Å². The van der Waals surface area contributed by atoms with Gasteiger partial charge in [0, 0.05) is 45.3 Å². The molecule has 0 radical (unpaired) electrons. The summed E-state index contributed by atoms with van der Waals surface area (Å²) in [5.74, 6) is -0.296. The summed E-state index contributed by atoms with van der Waals surface area (Å²) < 4.78 is 6.84. The van der Waals surface area contributed by atoms with Crippen molar-refractivity contribution in [2.24, 2.45) is 0 Å². The van der Waals surface area contributed by atoms with Crippen LogP contribution in [0.25, 0.3) is 4.96 Å². The highest BCUT2D eigenvalue weighted by molar-refractivity contribution is 7.20. The number of carbonyl (C=O) groups excluding carboxylic acids is 1. The number of anilines is 1. The standard InChI is InChI=1S/C18H26N6O3S/c25-15-13-14(16(26)19-5-8-22-9-11-27-12-10-22)24-17(20-15)28-18(21-24)23-6-3-1-2-4-7-23/h13H,1-12H2,(H,19,26). The molecule has 28 heavy (non-hydrogen) atoms. The largest absolute Gasteiger partial charge is 0.379 e. The number of fused-ring (bicyclic) bond motifs is 1. The van der Waals surface area contributed by atoms with Crippen molar-refractivity contribution in [1.82, 2.24) is 24.8 Å². The van der Waals surface area contributed by atoms with Crippen molar-refractivity contribution < 1.29 is 9.53 Å². The molecular formula is C18H26N6O3S. The number of amides is 1. The van der Waals surface area contributed by atoms with Crippen molar-refractivity contribution in [1.29, 1.82) is 0 Å². The van der Waals surface area contributed by atoms with Gasteiger partial charge in [-0.2, -0.15) is 9.50 Å². The van der Waals surface area contributed by atoms with Gasteiger partial charge in [0.1, 0.15) is 5.69 Å². The van der Waals surface area contributed by atoms with Crippen LogP contribution in [0.15, 0.2) is 10.9 Å². The number of nitrogens with zero attached hydrogens (tertiary/aromatic N) is 5. The summed E-state index contributed by atoms with van der Waals surface area (Å²) in [7, 11) is 0. The zero-order chi connectivity index (χ0) is 19.3. The molecule has 0 aromatic carbocycles. The molecule has 0 aliphatic carbocycles. The summed E-state index contributed by atoms with van der Waals surface area (Å²) in [5.41, 5.74) is -0.168. The molecule has 0 spiro atoms. The molecule has 0 saturated carbocycles. The molecule has 0 atom stereocenters. The quantitative estimate of drug-likeness (QED) is 0.777. The molecular weight excluding hydrogens is 380 g/mol. The molecule has 0 bridgehead atoms. The van der Waals surface area contributed by atoms with Gasteiger partial charge in [-0.3, -0.25) is 14.5 Å². The van der Waals surface area contributed by atoms with Crippen LogP contribution in [0.5, 0.6) is 0 Å². The normalized spacial score (nSPS) is 18.9. The third kappa shape index (κ3) is 4.50. The number of carbonyl (C=O) groups is 1. The summed E-state index contributed by atoms with van der Waals surface area (Å²) in [5, 5.41) is 8.34. The van der Waals surface area contributed by atoms with Gasteiger partial charge in [0.2, 0.25) is 10.1 Å². The topological polar surface area (TPSA) is 92.1 Å². The molecule has 152 valence electrons. The first kappa shape index (κ1) is 19.3. The molecule has 2 aliphatic rings. The Morgan fingerprint density at radius 2 is 1.89 bits per heavy atom. The Kier molecular flexibility index (Phi) is 6.18. The molecule has 4 heterocycles. The third-order valence-electron chi connectivity index (χ3n) is 5.17. The lowest BCUT2D eigenvalue weighted by Gasteiger charge is -2.26. The van der Waals surface area contributed by atoms with E-state index in [9.17, 15) is 9.59 Å². The van der Waals surface area contributed by atoms with E-state index in [2.05, 4.69) is 25.2 Å². The molecule has 2 aliphatic heterocycles. The van der Waals surface area contributed by atoms with Crippen LogP contribution < -0.4 is 15.8 Å². The summed E-state index contributed by atoms with van der Waals surface area (Å²) in [6.45, 7) is 6.38. The van der Waals surface area contributed by atoms with E-state index in [0.29, 0.717) is 11.5 Å². The van der Waals surface area contributed by atoms with E-state index in [1.165, 1.54) is 34.8 Å². The number of aromatic nitrogens is 3. The second-order valence-corrected chi connectivity index (χ2v) is 8.10. The van der Waals surface area contributed by atoms with Crippen LogP contribution in [-0.2, 0) is 4.74 Å². The molecule has 1 amide bonds. The number of ether oxygens (including phenoxy) is 1. The second kappa shape index (κ2) is 8.97. The molecule has 0 unspecified atom stereocenters. The van der Waals surface area contributed by atoms with Gasteiger partial charge in [0.25, 0.3) is 11.5 Å². The highest BCUT2D eigenvalue weighted by Crippen LogP contribution is 2.25. The molecule has 10 heteroatoms. The third-order valence-corrected chi connectivity index (χ3v) is 6.14. The second-order valence-electron chi connectivity index (χ2n) is 7.17. The van der Waals surface area contributed by atoms with Crippen LogP contribution >= 0.6 is 11.3 Å². The first-order valence-electron chi connectivity index (χ1n) is 9.95. The lowest BCUT2D eigenvalue weighted by atomic mass is 10.2. The molecule has 2 aromatic rings. The molecule has 2 saturated heterocycles.